The number of rotatable bonds is 5. The van der Waals surface area contributed by atoms with Gasteiger partial charge in [0.05, 0.1) is 4.92 Å². The van der Waals surface area contributed by atoms with Crippen molar-refractivity contribution in [2.45, 2.75) is 31.8 Å². The Morgan fingerprint density at radius 2 is 2.06 bits per heavy atom. The Labute approximate surface area is 106 Å². The summed E-state index contributed by atoms with van der Waals surface area (Å²) in [7, 11) is 0. The van der Waals surface area contributed by atoms with E-state index in [4.69, 9.17) is 5.73 Å². The third-order valence-electron chi connectivity index (χ3n) is 2.74. The van der Waals surface area contributed by atoms with Crippen LogP contribution in [0.25, 0.3) is 0 Å². The fourth-order valence-electron chi connectivity index (χ4n) is 1.28. The molecule has 0 radical (unpaired) electrons. The number of hydrogen-bond acceptors (Lipinski definition) is 4. The molecule has 17 heavy (non-hydrogen) atoms. The van der Waals surface area contributed by atoms with Gasteiger partial charge >= 0.3 is 0 Å². The maximum atomic E-state index is 10.6. The number of nitrogens with zero attached hydrogens (tertiary/aromatic N) is 1. The SMILES string of the molecule is CC(C)C(C)SCc1ccc([N+](=O)[O-])c(N)c1. The molecule has 0 heterocycles. The van der Waals surface area contributed by atoms with Crippen molar-refractivity contribution in [3.05, 3.63) is 33.9 Å². The second-order valence-electron chi connectivity index (χ2n) is 4.41. The van der Waals surface area contributed by atoms with Crippen LogP contribution in [0.3, 0.4) is 0 Å². The van der Waals surface area contributed by atoms with Gasteiger partial charge in [-0.25, -0.2) is 0 Å². The summed E-state index contributed by atoms with van der Waals surface area (Å²) in [6.45, 7) is 6.55. The zero-order valence-electron chi connectivity index (χ0n) is 10.3. The van der Waals surface area contributed by atoms with Gasteiger partial charge in [-0.3, -0.25) is 10.1 Å². The van der Waals surface area contributed by atoms with Gasteiger partial charge < -0.3 is 5.73 Å². The molecule has 0 aliphatic heterocycles. The Hall–Kier alpha value is -1.23. The molecular weight excluding hydrogens is 236 g/mol. The zero-order valence-corrected chi connectivity index (χ0v) is 11.2. The molecule has 1 rings (SSSR count). The number of anilines is 1. The lowest BCUT2D eigenvalue weighted by Gasteiger charge is -2.14. The topological polar surface area (TPSA) is 69.2 Å². The van der Waals surface area contributed by atoms with E-state index in [1.165, 1.54) is 6.07 Å². The van der Waals surface area contributed by atoms with Gasteiger partial charge in [0, 0.05) is 17.1 Å². The fraction of sp³-hybridized carbons (Fsp3) is 0.500. The standard InChI is InChI=1S/C12H18N2O2S/c1-8(2)9(3)17-7-10-4-5-12(14(15)16)11(13)6-10/h4-6,8-9H,7,13H2,1-3H3. The molecule has 5 heteroatoms. The fourth-order valence-corrected chi connectivity index (χ4v) is 2.30. The van der Waals surface area contributed by atoms with Gasteiger partial charge in [-0.1, -0.05) is 26.8 Å². The van der Waals surface area contributed by atoms with E-state index in [0.717, 1.165) is 11.3 Å². The number of nitro benzene ring substituents is 1. The molecule has 0 saturated heterocycles. The van der Waals surface area contributed by atoms with Crippen molar-refractivity contribution in [3.8, 4) is 0 Å². The van der Waals surface area contributed by atoms with E-state index < -0.39 is 4.92 Å². The van der Waals surface area contributed by atoms with Crippen LogP contribution in [0.4, 0.5) is 11.4 Å². The molecule has 1 atom stereocenters. The van der Waals surface area contributed by atoms with Crippen molar-refractivity contribution < 1.29 is 4.92 Å². The summed E-state index contributed by atoms with van der Waals surface area (Å²) < 4.78 is 0. The van der Waals surface area contributed by atoms with Crippen LogP contribution in [0.2, 0.25) is 0 Å². The van der Waals surface area contributed by atoms with Gasteiger partial charge in [0.1, 0.15) is 5.69 Å². The number of thioether (sulfide) groups is 1. The monoisotopic (exact) mass is 254 g/mol. The quantitative estimate of drug-likeness (QED) is 0.496. The molecule has 1 aromatic carbocycles. The minimum Gasteiger partial charge on any atom is -0.393 e. The second-order valence-corrected chi connectivity index (χ2v) is 5.78. The Morgan fingerprint density at radius 1 is 1.41 bits per heavy atom. The molecular formula is C12H18N2O2S. The molecule has 0 bridgehead atoms. The van der Waals surface area contributed by atoms with Crippen LogP contribution in [0.15, 0.2) is 18.2 Å². The van der Waals surface area contributed by atoms with Gasteiger partial charge in [-0.05, 0) is 17.5 Å². The number of nitrogens with two attached hydrogens (primary N) is 1. The molecule has 0 spiro atoms. The lowest BCUT2D eigenvalue weighted by atomic mass is 10.2. The van der Waals surface area contributed by atoms with E-state index in [1.54, 1.807) is 12.1 Å². The van der Waals surface area contributed by atoms with Crippen molar-refractivity contribution in [2.24, 2.45) is 5.92 Å². The van der Waals surface area contributed by atoms with Gasteiger partial charge in [-0.2, -0.15) is 11.8 Å². The first-order valence-corrected chi connectivity index (χ1v) is 6.61. The van der Waals surface area contributed by atoms with Gasteiger partial charge in [-0.15, -0.1) is 0 Å². The van der Waals surface area contributed by atoms with E-state index in [2.05, 4.69) is 20.8 Å². The summed E-state index contributed by atoms with van der Waals surface area (Å²) in [4.78, 5) is 10.2. The lowest BCUT2D eigenvalue weighted by Crippen LogP contribution is -2.06. The zero-order chi connectivity index (χ0) is 13.0. The maximum Gasteiger partial charge on any atom is 0.292 e. The van der Waals surface area contributed by atoms with Crippen LogP contribution in [0.5, 0.6) is 0 Å². The highest BCUT2D eigenvalue weighted by Crippen LogP contribution is 2.27. The molecule has 94 valence electrons. The third-order valence-corrected chi connectivity index (χ3v) is 4.31. The van der Waals surface area contributed by atoms with Crippen LogP contribution in [0.1, 0.15) is 26.3 Å². The lowest BCUT2D eigenvalue weighted by molar-refractivity contribution is -0.383. The highest BCUT2D eigenvalue weighted by Gasteiger charge is 2.12. The summed E-state index contributed by atoms with van der Waals surface area (Å²) in [6, 6.07) is 4.94. The number of hydrogen-bond donors (Lipinski definition) is 1. The van der Waals surface area contributed by atoms with Crippen LogP contribution in [-0.4, -0.2) is 10.2 Å². The molecule has 0 fully saturated rings. The first-order valence-electron chi connectivity index (χ1n) is 5.56. The minimum absolute atomic E-state index is 0.0179. The molecule has 0 amide bonds. The van der Waals surface area contributed by atoms with Crippen molar-refractivity contribution in [2.75, 3.05) is 5.73 Å². The number of nitro groups is 1. The van der Waals surface area contributed by atoms with E-state index in [1.807, 2.05) is 11.8 Å². The Morgan fingerprint density at radius 3 is 2.53 bits per heavy atom. The first-order chi connectivity index (χ1) is 7.91. The minimum atomic E-state index is -0.455. The first kappa shape index (κ1) is 13.8. The van der Waals surface area contributed by atoms with E-state index in [0.29, 0.717) is 11.2 Å². The smallest absolute Gasteiger partial charge is 0.292 e. The van der Waals surface area contributed by atoms with E-state index in [-0.39, 0.29) is 11.4 Å². The number of benzene rings is 1. The molecule has 1 unspecified atom stereocenters. The molecule has 0 aliphatic carbocycles. The van der Waals surface area contributed by atoms with Crippen molar-refractivity contribution >= 4 is 23.1 Å². The predicted octanol–water partition coefficient (Wildman–Crippen LogP) is 3.45. The van der Waals surface area contributed by atoms with Gasteiger partial charge in [0.15, 0.2) is 0 Å². The summed E-state index contributed by atoms with van der Waals surface area (Å²) in [5.74, 6) is 1.46. The summed E-state index contributed by atoms with van der Waals surface area (Å²) in [5.41, 5.74) is 6.89. The molecule has 0 saturated carbocycles. The predicted molar refractivity (Wildman–Crippen MR) is 73.1 cm³/mol. The van der Waals surface area contributed by atoms with Gasteiger partial charge in [0.2, 0.25) is 0 Å². The Kier molecular flexibility index (Phi) is 4.81. The van der Waals surface area contributed by atoms with Crippen LogP contribution in [0, 0.1) is 16.0 Å². The van der Waals surface area contributed by atoms with Crippen LogP contribution < -0.4 is 5.73 Å². The normalized spacial score (nSPS) is 12.7. The Bertz CT molecular complexity index is 407. The summed E-state index contributed by atoms with van der Waals surface area (Å²) in [6.07, 6.45) is 0. The largest absolute Gasteiger partial charge is 0.393 e. The number of nitrogen functional groups attached to an aromatic ring is 1. The molecule has 0 aromatic heterocycles. The summed E-state index contributed by atoms with van der Waals surface area (Å²) >= 11 is 1.84. The molecule has 0 aliphatic rings. The van der Waals surface area contributed by atoms with Crippen LogP contribution >= 0.6 is 11.8 Å². The summed E-state index contributed by atoms with van der Waals surface area (Å²) in [5, 5.41) is 11.2. The van der Waals surface area contributed by atoms with Gasteiger partial charge in [0.25, 0.3) is 5.69 Å². The maximum absolute atomic E-state index is 10.6. The molecule has 2 N–H and O–H groups in total. The molecule has 4 nitrogen and oxygen atoms in total. The van der Waals surface area contributed by atoms with E-state index in [9.17, 15) is 10.1 Å². The van der Waals surface area contributed by atoms with E-state index >= 15 is 0 Å². The van der Waals surface area contributed by atoms with Crippen molar-refractivity contribution in [1.29, 1.82) is 0 Å². The average molecular weight is 254 g/mol. The Balaban J connectivity index is 2.68. The molecule has 1 aromatic rings. The third kappa shape index (κ3) is 3.93. The highest BCUT2D eigenvalue weighted by atomic mass is 32.2. The average Bonchev–Trinajstić information content (AvgIpc) is 2.25. The van der Waals surface area contributed by atoms with Crippen LogP contribution in [-0.2, 0) is 5.75 Å². The second kappa shape index (κ2) is 5.91. The van der Waals surface area contributed by atoms with Crippen molar-refractivity contribution in [3.63, 3.8) is 0 Å². The highest BCUT2D eigenvalue weighted by molar-refractivity contribution is 7.99. The van der Waals surface area contributed by atoms with Crippen molar-refractivity contribution in [1.82, 2.24) is 0 Å².